The third-order valence-corrected chi connectivity index (χ3v) is 2.12. The van der Waals surface area contributed by atoms with Crippen molar-refractivity contribution in [3.8, 4) is 0 Å². The van der Waals surface area contributed by atoms with Gasteiger partial charge in [0.15, 0.2) is 12.2 Å². The smallest absolute Gasteiger partial charge is 0.261 e. The first-order valence-electron chi connectivity index (χ1n) is 4.99. The van der Waals surface area contributed by atoms with E-state index in [1.807, 2.05) is 20.8 Å². The maximum Gasteiger partial charge on any atom is 0.261 e. The molecule has 1 rings (SSSR count). The summed E-state index contributed by atoms with van der Waals surface area (Å²) in [4.78, 5) is 0. The molecule has 5 nitrogen and oxygen atoms in total. The fourth-order valence-corrected chi connectivity index (χ4v) is 1.45. The summed E-state index contributed by atoms with van der Waals surface area (Å²) in [7, 11) is 0. The van der Waals surface area contributed by atoms with Crippen molar-refractivity contribution in [3.05, 3.63) is 6.61 Å². The summed E-state index contributed by atoms with van der Waals surface area (Å²) >= 11 is 0. The molecule has 2 unspecified atom stereocenters. The third-order valence-electron chi connectivity index (χ3n) is 2.12. The molecule has 0 aromatic rings. The Kier molecular flexibility index (Phi) is 3.97. The number of hydrogen-bond donors (Lipinski definition) is 3. The van der Waals surface area contributed by atoms with Gasteiger partial charge in [0, 0.05) is 0 Å². The van der Waals surface area contributed by atoms with Crippen molar-refractivity contribution in [1.29, 1.82) is 0 Å². The van der Waals surface area contributed by atoms with E-state index in [1.54, 1.807) is 0 Å². The Labute approximate surface area is 89.6 Å². The normalized spacial score (nSPS) is 37.5. The van der Waals surface area contributed by atoms with Gasteiger partial charge in [-0.15, -0.1) is 0 Å². The molecule has 1 saturated heterocycles. The fraction of sp³-hybridized carbons (Fsp3) is 0.900. The van der Waals surface area contributed by atoms with Gasteiger partial charge in [0.05, 0.1) is 12.2 Å². The number of aliphatic hydroxyl groups excluding tert-OH is 3. The minimum atomic E-state index is -1.08. The Balaban J connectivity index is 2.69. The van der Waals surface area contributed by atoms with Gasteiger partial charge in [-0.05, 0) is 20.8 Å². The van der Waals surface area contributed by atoms with E-state index in [0.29, 0.717) is 0 Å². The topological polar surface area (TPSA) is 79.2 Å². The van der Waals surface area contributed by atoms with Gasteiger partial charge in [-0.2, -0.15) is 4.74 Å². The lowest BCUT2D eigenvalue weighted by Gasteiger charge is -2.35. The molecule has 0 amide bonds. The molecule has 1 heterocycles. The van der Waals surface area contributed by atoms with Crippen LogP contribution in [0.2, 0.25) is 0 Å². The van der Waals surface area contributed by atoms with Gasteiger partial charge in [0.2, 0.25) is 0 Å². The SMILES string of the molecule is CC(C)(C)O[C@@H]1C(CO)O[CH+]C(O)[C@@H]1O. The fourth-order valence-electron chi connectivity index (χ4n) is 1.45. The van der Waals surface area contributed by atoms with Crippen LogP contribution in [0.4, 0.5) is 0 Å². The van der Waals surface area contributed by atoms with E-state index < -0.39 is 30.0 Å². The maximum absolute atomic E-state index is 9.70. The van der Waals surface area contributed by atoms with Gasteiger partial charge in [-0.3, -0.25) is 0 Å². The monoisotopic (exact) mass is 219 g/mol. The zero-order chi connectivity index (χ0) is 11.6. The second kappa shape index (κ2) is 4.67. The minimum Gasteiger partial charge on any atom is -0.393 e. The van der Waals surface area contributed by atoms with Gasteiger partial charge < -0.3 is 20.1 Å². The Bertz CT molecular complexity index is 198. The van der Waals surface area contributed by atoms with Crippen LogP contribution >= 0.6 is 0 Å². The molecule has 0 radical (unpaired) electrons. The Hall–Kier alpha value is -0.330. The van der Waals surface area contributed by atoms with Crippen molar-refractivity contribution >= 4 is 0 Å². The zero-order valence-corrected chi connectivity index (χ0v) is 9.25. The molecule has 0 aliphatic carbocycles. The lowest BCUT2D eigenvalue weighted by atomic mass is 9.99. The number of aliphatic hydroxyl groups is 3. The molecule has 5 heteroatoms. The van der Waals surface area contributed by atoms with Crippen LogP contribution < -0.4 is 0 Å². The number of ether oxygens (including phenoxy) is 2. The first-order chi connectivity index (χ1) is 6.85. The number of rotatable bonds is 2. The van der Waals surface area contributed by atoms with Gasteiger partial charge in [-0.1, -0.05) is 0 Å². The van der Waals surface area contributed by atoms with E-state index in [4.69, 9.17) is 14.6 Å². The second-order valence-corrected chi connectivity index (χ2v) is 4.67. The summed E-state index contributed by atoms with van der Waals surface area (Å²) in [5, 5.41) is 28.1. The summed E-state index contributed by atoms with van der Waals surface area (Å²) in [5.41, 5.74) is -0.473. The molecule has 4 atom stereocenters. The molecular formula is C10H19O5+. The van der Waals surface area contributed by atoms with Crippen molar-refractivity contribution in [1.82, 2.24) is 0 Å². The average molecular weight is 219 g/mol. The standard InChI is InChI=1S/C10H19O5/c1-10(2,3)15-9-7(4-11)14-5-6(12)8(9)13/h5-9,11-13H,4H2,1-3H3/q+1/t6?,7?,8-,9+/m0/s1. The molecule has 0 aromatic carbocycles. The molecule has 1 fully saturated rings. The summed E-state index contributed by atoms with van der Waals surface area (Å²) in [6.07, 6.45) is -3.52. The van der Waals surface area contributed by atoms with Crippen LogP contribution in [0.25, 0.3) is 0 Å². The number of hydrogen-bond acceptors (Lipinski definition) is 5. The highest BCUT2D eigenvalue weighted by Crippen LogP contribution is 2.25. The molecule has 15 heavy (non-hydrogen) atoms. The van der Waals surface area contributed by atoms with Crippen LogP contribution in [0.3, 0.4) is 0 Å². The summed E-state index contributed by atoms with van der Waals surface area (Å²) in [6, 6.07) is 0. The molecular weight excluding hydrogens is 200 g/mol. The van der Waals surface area contributed by atoms with E-state index in [2.05, 4.69) is 0 Å². The van der Waals surface area contributed by atoms with Crippen molar-refractivity contribution in [2.75, 3.05) is 6.61 Å². The van der Waals surface area contributed by atoms with E-state index in [0.717, 1.165) is 6.61 Å². The molecule has 0 saturated carbocycles. The summed E-state index contributed by atoms with van der Waals surface area (Å²) < 4.78 is 10.6. The van der Waals surface area contributed by atoms with Crippen molar-refractivity contribution in [2.45, 2.75) is 50.8 Å². The zero-order valence-electron chi connectivity index (χ0n) is 9.25. The van der Waals surface area contributed by atoms with E-state index in [1.165, 1.54) is 0 Å². The van der Waals surface area contributed by atoms with Gasteiger partial charge >= 0.3 is 0 Å². The first-order valence-corrected chi connectivity index (χ1v) is 4.99. The van der Waals surface area contributed by atoms with Crippen molar-refractivity contribution < 1.29 is 24.8 Å². The maximum atomic E-state index is 9.70. The Morgan fingerprint density at radius 1 is 1.33 bits per heavy atom. The first kappa shape index (κ1) is 12.7. The van der Waals surface area contributed by atoms with Gasteiger partial charge in [0.25, 0.3) is 12.7 Å². The largest absolute Gasteiger partial charge is 0.393 e. The highest BCUT2D eigenvalue weighted by atomic mass is 16.6. The summed E-state index contributed by atoms with van der Waals surface area (Å²) in [5.74, 6) is 0. The molecule has 3 N–H and O–H groups in total. The molecule has 0 spiro atoms. The highest BCUT2D eigenvalue weighted by molar-refractivity contribution is 4.93. The summed E-state index contributed by atoms with van der Waals surface area (Å²) in [6.45, 7) is 6.35. The predicted octanol–water partition coefficient (Wildman–Crippen LogP) is -0.555. The quantitative estimate of drug-likeness (QED) is 0.543. The predicted molar refractivity (Wildman–Crippen MR) is 52.9 cm³/mol. The van der Waals surface area contributed by atoms with Crippen LogP contribution in [-0.4, -0.2) is 51.9 Å². The third kappa shape index (κ3) is 3.32. The van der Waals surface area contributed by atoms with Crippen LogP contribution in [0.5, 0.6) is 0 Å². The van der Waals surface area contributed by atoms with Gasteiger partial charge in [-0.25, -0.2) is 0 Å². The van der Waals surface area contributed by atoms with Crippen LogP contribution in [0.1, 0.15) is 20.8 Å². The van der Waals surface area contributed by atoms with Gasteiger partial charge in [0.1, 0.15) is 6.10 Å². The van der Waals surface area contributed by atoms with Crippen LogP contribution in [-0.2, 0) is 9.47 Å². The van der Waals surface area contributed by atoms with Crippen molar-refractivity contribution in [2.24, 2.45) is 0 Å². The molecule has 0 bridgehead atoms. The molecule has 1 aliphatic rings. The molecule has 88 valence electrons. The van der Waals surface area contributed by atoms with E-state index in [-0.39, 0.29) is 6.61 Å². The van der Waals surface area contributed by atoms with Crippen LogP contribution in [0, 0.1) is 6.61 Å². The highest BCUT2D eigenvalue weighted by Gasteiger charge is 2.47. The Morgan fingerprint density at radius 2 is 1.93 bits per heavy atom. The van der Waals surface area contributed by atoms with Crippen molar-refractivity contribution in [3.63, 3.8) is 0 Å². The van der Waals surface area contributed by atoms with E-state index in [9.17, 15) is 10.2 Å². The lowest BCUT2D eigenvalue weighted by molar-refractivity contribution is -0.218. The van der Waals surface area contributed by atoms with E-state index >= 15 is 0 Å². The van der Waals surface area contributed by atoms with Crippen LogP contribution in [0.15, 0.2) is 0 Å². The molecule has 0 aromatic heterocycles. The lowest BCUT2D eigenvalue weighted by Crippen LogP contribution is -2.55. The minimum absolute atomic E-state index is 0.263. The average Bonchev–Trinajstić information content (AvgIpc) is 2.11. The molecule has 1 aliphatic heterocycles. The Morgan fingerprint density at radius 3 is 2.40 bits per heavy atom. The second-order valence-electron chi connectivity index (χ2n) is 4.67.